The van der Waals surface area contributed by atoms with Crippen LogP contribution in [0.5, 0.6) is 5.75 Å². The zero-order chi connectivity index (χ0) is 24.7. The molecule has 178 valence electrons. The molecule has 8 nitrogen and oxygen atoms in total. The number of nitrogens with one attached hydrogen (secondary N) is 3. The van der Waals surface area contributed by atoms with Gasteiger partial charge >= 0.3 is 0 Å². The van der Waals surface area contributed by atoms with Gasteiger partial charge in [-0.25, -0.2) is 8.42 Å². The molecule has 0 aliphatic rings. The number of ether oxygens (including phenoxy) is 1. The minimum atomic E-state index is -4.09. The average molecular weight is 482 g/mol. The maximum absolute atomic E-state index is 13.3. The normalized spacial score (nSPS) is 12.0. The smallest absolute Gasteiger partial charge is 0.245 e. The lowest BCUT2D eigenvalue weighted by molar-refractivity contribution is -0.117. The highest BCUT2D eigenvalue weighted by atomic mass is 32.2. The Morgan fingerprint density at radius 3 is 2.12 bits per heavy atom. The van der Waals surface area contributed by atoms with Crippen LogP contribution in [0.15, 0.2) is 77.7 Å². The van der Waals surface area contributed by atoms with Crippen LogP contribution >= 0.6 is 0 Å². The Balaban J connectivity index is 1.87. The van der Waals surface area contributed by atoms with E-state index in [-0.39, 0.29) is 23.0 Å². The number of anilines is 2. The molecule has 0 saturated heterocycles. The molecule has 0 bridgehead atoms. The minimum absolute atomic E-state index is 0.0412. The number of amides is 2. The lowest BCUT2D eigenvalue weighted by atomic mass is 10.1. The molecule has 0 radical (unpaired) electrons. The summed E-state index contributed by atoms with van der Waals surface area (Å²) in [5.74, 6) is -0.544. The summed E-state index contributed by atoms with van der Waals surface area (Å²) in [4.78, 5) is 24.3. The van der Waals surface area contributed by atoms with Crippen molar-refractivity contribution in [2.75, 3.05) is 17.7 Å². The highest BCUT2D eigenvalue weighted by Crippen LogP contribution is 2.25. The van der Waals surface area contributed by atoms with Gasteiger partial charge in [-0.2, -0.15) is 4.72 Å². The predicted molar refractivity (Wildman–Crippen MR) is 131 cm³/mol. The van der Waals surface area contributed by atoms with Crippen molar-refractivity contribution in [3.63, 3.8) is 0 Å². The van der Waals surface area contributed by atoms with Crippen LogP contribution < -0.4 is 20.1 Å². The fourth-order valence-corrected chi connectivity index (χ4v) is 4.80. The fourth-order valence-electron chi connectivity index (χ4n) is 3.35. The molecular formula is C25H27N3O5S. The first-order valence-electron chi connectivity index (χ1n) is 10.6. The van der Waals surface area contributed by atoms with E-state index in [1.165, 1.54) is 20.1 Å². The molecule has 0 saturated carbocycles. The molecular weight excluding hydrogens is 454 g/mol. The van der Waals surface area contributed by atoms with Gasteiger partial charge in [0.1, 0.15) is 16.7 Å². The molecule has 1 atom stereocenters. The second kappa shape index (κ2) is 11.0. The Bertz CT molecular complexity index is 1260. The molecule has 3 aromatic rings. The summed E-state index contributed by atoms with van der Waals surface area (Å²) < 4.78 is 34.3. The standard InChI is InChI=1S/C25H27N3O5S/c1-17-9-14-23(33-3)24(15-17)34(31,32)28-22(16-19-7-5-4-6-8-19)25(30)27-21-12-10-20(11-13-21)26-18(2)29/h4-15,22,28H,16H2,1-3H3,(H,26,29)(H,27,30)/t22-/m1/s1. The molecule has 0 aliphatic carbocycles. The second-order valence-electron chi connectivity index (χ2n) is 7.77. The number of aryl methyl sites for hydroxylation is 1. The summed E-state index contributed by atoms with van der Waals surface area (Å²) in [6.45, 7) is 3.18. The lowest BCUT2D eigenvalue weighted by Gasteiger charge is -2.20. The first-order valence-corrected chi connectivity index (χ1v) is 12.1. The third-order valence-electron chi connectivity index (χ3n) is 4.98. The quantitative estimate of drug-likeness (QED) is 0.433. The SMILES string of the molecule is COc1ccc(C)cc1S(=O)(=O)N[C@H](Cc1ccccc1)C(=O)Nc1ccc(NC(C)=O)cc1. The molecule has 2 amide bonds. The van der Waals surface area contributed by atoms with E-state index in [2.05, 4.69) is 15.4 Å². The fraction of sp³-hybridized carbons (Fsp3) is 0.200. The molecule has 9 heteroatoms. The van der Waals surface area contributed by atoms with Crippen molar-refractivity contribution < 1.29 is 22.7 Å². The summed E-state index contributed by atoms with van der Waals surface area (Å²) in [6.07, 6.45) is 0.143. The number of carbonyl (C=O) groups is 2. The highest BCUT2D eigenvalue weighted by Gasteiger charge is 2.28. The minimum Gasteiger partial charge on any atom is -0.495 e. The second-order valence-corrected chi connectivity index (χ2v) is 9.45. The summed E-state index contributed by atoms with van der Waals surface area (Å²) in [5, 5.41) is 5.40. The maximum atomic E-state index is 13.3. The van der Waals surface area contributed by atoms with Crippen LogP contribution in [0.1, 0.15) is 18.1 Å². The first kappa shape index (κ1) is 24.9. The Hall–Kier alpha value is -3.69. The summed E-state index contributed by atoms with van der Waals surface area (Å²) in [7, 11) is -2.69. The molecule has 34 heavy (non-hydrogen) atoms. The van der Waals surface area contributed by atoms with E-state index in [0.29, 0.717) is 11.4 Å². The van der Waals surface area contributed by atoms with Crippen LogP contribution in [0, 0.1) is 6.92 Å². The van der Waals surface area contributed by atoms with Gasteiger partial charge in [0.2, 0.25) is 21.8 Å². The van der Waals surface area contributed by atoms with Gasteiger partial charge in [0.25, 0.3) is 0 Å². The van der Waals surface area contributed by atoms with Crippen LogP contribution in [0.3, 0.4) is 0 Å². The van der Waals surface area contributed by atoms with E-state index in [4.69, 9.17) is 4.74 Å². The molecule has 0 fully saturated rings. The third kappa shape index (κ3) is 6.66. The molecule has 3 rings (SSSR count). The van der Waals surface area contributed by atoms with Crippen LogP contribution in [-0.4, -0.2) is 33.4 Å². The topological polar surface area (TPSA) is 114 Å². The molecule has 3 N–H and O–H groups in total. The van der Waals surface area contributed by atoms with Gasteiger partial charge in [0.05, 0.1) is 7.11 Å². The van der Waals surface area contributed by atoms with Crippen molar-refractivity contribution in [3.8, 4) is 5.75 Å². The van der Waals surface area contributed by atoms with E-state index in [1.807, 2.05) is 30.3 Å². The lowest BCUT2D eigenvalue weighted by Crippen LogP contribution is -2.45. The highest BCUT2D eigenvalue weighted by molar-refractivity contribution is 7.89. The molecule has 0 heterocycles. The number of hydrogen-bond donors (Lipinski definition) is 3. The summed E-state index contributed by atoms with van der Waals surface area (Å²) in [6, 6.07) is 19.4. The van der Waals surface area contributed by atoms with Crippen molar-refractivity contribution >= 4 is 33.2 Å². The monoisotopic (exact) mass is 481 g/mol. The zero-order valence-corrected chi connectivity index (χ0v) is 20.0. The van der Waals surface area contributed by atoms with E-state index < -0.39 is 22.0 Å². The van der Waals surface area contributed by atoms with Gasteiger partial charge in [-0.3, -0.25) is 9.59 Å². The van der Waals surface area contributed by atoms with Gasteiger partial charge in [0.15, 0.2) is 0 Å². The Labute approximate surface area is 199 Å². The first-order chi connectivity index (χ1) is 16.2. The van der Waals surface area contributed by atoms with Gasteiger partial charge in [-0.05, 0) is 60.9 Å². The van der Waals surface area contributed by atoms with Gasteiger partial charge < -0.3 is 15.4 Å². The Kier molecular flexibility index (Phi) is 8.04. The third-order valence-corrected chi connectivity index (χ3v) is 6.47. The Morgan fingerprint density at radius 2 is 1.53 bits per heavy atom. The average Bonchev–Trinajstić information content (AvgIpc) is 2.80. The number of methoxy groups -OCH3 is 1. The van der Waals surface area contributed by atoms with Crippen molar-refractivity contribution in [3.05, 3.63) is 83.9 Å². The molecule has 3 aromatic carbocycles. The molecule has 0 unspecified atom stereocenters. The van der Waals surface area contributed by atoms with E-state index >= 15 is 0 Å². The maximum Gasteiger partial charge on any atom is 0.245 e. The van der Waals surface area contributed by atoms with Crippen molar-refractivity contribution in [2.24, 2.45) is 0 Å². The number of carbonyl (C=O) groups excluding carboxylic acids is 2. The van der Waals surface area contributed by atoms with Crippen LogP contribution in [0.4, 0.5) is 11.4 Å². The van der Waals surface area contributed by atoms with Crippen molar-refractivity contribution in [2.45, 2.75) is 31.2 Å². The van der Waals surface area contributed by atoms with Gasteiger partial charge in [-0.1, -0.05) is 36.4 Å². The largest absolute Gasteiger partial charge is 0.495 e. The number of hydrogen-bond acceptors (Lipinski definition) is 5. The van der Waals surface area contributed by atoms with Crippen LogP contribution in [0.25, 0.3) is 0 Å². The predicted octanol–water partition coefficient (Wildman–Crippen LogP) is 3.49. The van der Waals surface area contributed by atoms with Crippen molar-refractivity contribution in [1.82, 2.24) is 4.72 Å². The van der Waals surface area contributed by atoms with E-state index in [9.17, 15) is 18.0 Å². The molecule has 0 spiro atoms. The van der Waals surface area contributed by atoms with E-state index in [0.717, 1.165) is 11.1 Å². The van der Waals surface area contributed by atoms with E-state index in [1.54, 1.807) is 43.3 Å². The molecule has 0 aromatic heterocycles. The Morgan fingerprint density at radius 1 is 0.912 bits per heavy atom. The summed E-state index contributed by atoms with van der Waals surface area (Å²) in [5.41, 5.74) is 2.58. The number of rotatable bonds is 9. The van der Waals surface area contributed by atoms with Crippen LogP contribution in [0.2, 0.25) is 0 Å². The van der Waals surface area contributed by atoms with Gasteiger partial charge in [0, 0.05) is 18.3 Å². The number of benzene rings is 3. The molecule has 0 aliphatic heterocycles. The number of sulfonamides is 1. The van der Waals surface area contributed by atoms with Gasteiger partial charge in [-0.15, -0.1) is 0 Å². The van der Waals surface area contributed by atoms with Crippen LogP contribution in [-0.2, 0) is 26.0 Å². The van der Waals surface area contributed by atoms with Crippen molar-refractivity contribution in [1.29, 1.82) is 0 Å². The summed E-state index contributed by atoms with van der Waals surface area (Å²) >= 11 is 0. The zero-order valence-electron chi connectivity index (χ0n) is 19.2.